The second-order valence-electron chi connectivity index (χ2n) is 5.96. The molecule has 0 aliphatic carbocycles. The second kappa shape index (κ2) is 6.42. The average Bonchev–Trinajstić information content (AvgIpc) is 2.92. The van der Waals surface area contributed by atoms with Gasteiger partial charge in [0.05, 0.1) is 18.8 Å². The third kappa shape index (κ3) is 3.37. The first-order valence-electron chi connectivity index (χ1n) is 7.73. The lowest BCUT2D eigenvalue weighted by Crippen LogP contribution is -2.54. The molecule has 0 spiro atoms. The summed E-state index contributed by atoms with van der Waals surface area (Å²) in [6, 6.07) is 7.39. The van der Waals surface area contributed by atoms with Crippen molar-refractivity contribution in [3.63, 3.8) is 0 Å². The first kappa shape index (κ1) is 15.6. The number of carbonyl (C=O) groups is 1. The zero-order valence-corrected chi connectivity index (χ0v) is 13.3. The maximum absolute atomic E-state index is 12.4. The van der Waals surface area contributed by atoms with Gasteiger partial charge in [0.2, 0.25) is 0 Å². The molecule has 1 aromatic carbocycles. The van der Waals surface area contributed by atoms with Gasteiger partial charge in [-0.2, -0.15) is 5.10 Å². The molecule has 2 heterocycles. The Morgan fingerprint density at radius 1 is 1.48 bits per heavy atom. The van der Waals surface area contributed by atoms with Crippen molar-refractivity contribution in [2.24, 2.45) is 0 Å². The molecule has 1 atom stereocenters. The molecule has 1 saturated heterocycles. The summed E-state index contributed by atoms with van der Waals surface area (Å²) >= 11 is 0. The molecule has 6 nitrogen and oxygen atoms in total. The summed E-state index contributed by atoms with van der Waals surface area (Å²) in [6.07, 6.45) is 3.27. The van der Waals surface area contributed by atoms with E-state index in [0.717, 1.165) is 11.1 Å². The Morgan fingerprint density at radius 2 is 2.26 bits per heavy atom. The minimum Gasteiger partial charge on any atom is -0.481 e. The van der Waals surface area contributed by atoms with E-state index in [0.29, 0.717) is 18.8 Å². The highest BCUT2D eigenvalue weighted by Crippen LogP contribution is 2.23. The monoisotopic (exact) mass is 315 g/mol. The number of carbonyl (C=O) groups excluding carboxylic acids is 1. The highest BCUT2D eigenvalue weighted by atomic mass is 16.5. The molecule has 1 aromatic heterocycles. The van der Waals surface area contributed by atoms with Crippen molar-refractivity contribution in [2.45, 2.75) is 32.6 Å². The molecule has 23 heavy (non-hydrogen) atoms. The number of hydrogen-bond acceptors (Lipinski definition) is 4. The topological polar surface area (TPSA) is 67.6 Å². The van der Waals surface area contributed by atoms with Gasteiger partial charge in [0.25, 0.3) is 5.91 Å². The summed E-state index contributed by atoms with van der Waals surface area (Å²) in [7, 11) is 0. The van der Waals surface area contributed by atoms with E-state index in [2.05, 4.69) is 5.10 Å². The number of likely N-dealkylation sites (tertiary alicyclic amines) is 1. The van der Waals surface area contributed by atoms with E-state index in [-0.39, 0.29) is 18.6 Å². The number of aliphatic hydroxyl groups is 1. The van der Waals surface area contributed by atoms with Gasteiger partial charge >= 0.3 is 0 Å². The van der Waals surface area contributed by atoms with E-state index in [1.165, 1.54) is 0 Å². The Morgan fingerprint density at radius 3 is 2.91 bits per heavy atom. The number of aromatic nitrogens is 2. The summed E-state index contributed by atoms with van der Waals surface area (Å²) in [5.41, 5.74) is 1.88. The Hall–Kier alpha value is -2.34. The van der Waals surface area contributed by atoms with Gasteiger partial charge in [-0.1, -0.05) is 12.1 Å². The fourth-order valence-corrected chi connectivity index (χ4v) is 2.66. The molecule has 0 bridgehead atoms. The van der Waals surface area contributed by atoms with Gasteiger partial charge in [0, 0.05) is 19.3 Å². The molecule has 1 N–H and O–H groups in total. The molecular formula is C17H21N3O3. The van der Waals surface area contributed by atoms with Crippen LogP contribution in [0.2, 0.25) is 0 Å². The predicted molar refractivity (Wildman–Crippen MR) is 85.0 cm³/mol. The van der Waals surface area contributed by atoms with Crippen LogP contribution in [0.5, 0.6) is 5.75 Å². The average molecular weight is 315 g/mol. The quantitative estimate of drug-likeness (QED) is 0.909. The predicted octanol–water partition coefficient (Wildman–Crippen LogP) is 1.53. The molecule has 1 unspecified atom stereocenters. The fraction of sp³-hybridized carbons (Fsp3) is 0.412. The van der Waals surface area contributed by atoms with Crippen LogP contribution >= 0.6 is 0 Å². The molecule has 1 aliphatic heterocycles. The third-order valence-corrected chi connectivity index (χ3v) is 4.02. The van der Waals surface area contributed by atoms with Crippen molar-refractivity contribution >= 4 is 5.91 Å². The van der Waals surface area contributed by atoms with Crippen LogP contribution in [0, 0.1) is 6.92 Å². The van der Waals surface area contributed by atoms with Crippen molar-refractivity contribution in [3.8, 4) is 5.75 Å². The summed E-state index contributed by atoms with van der Waals surface area (Å²) in [5.74, 6) is 0.566. The maximum atomic E-state index is 12.4. The van der Waals surface area contributed by atoms with Gasteiger partial charge in [-0.3, -0.25) is 9.48 Å². The van der Waals surface area contributed by atoms with Crippen molar-refractivity contribution < 1.29 is 14.6 Å². The molecule has 122 valence electrons. The number of nitrogens with zero attached hydrogens (tertiary/aromatic N) is 3. The van der Waals surface area contributed by atoms with E-state index in [1.807, 2.05) is 30.1 Å². The van der Waals surface area contributed by atoms with E-state index >= 15 is 0 Å². The number of amides is 1. The molecule has 0 saturated carbocycles. The Bertz CT molecular complexity index is 692. The van der Waals surface area contributed by atoms with E-state index in [1.54, 1.807) is 30.0 Å². The number of rotatable bonds is 5. The van der Waals surface area contributed by atoms with Crippen LogP contribution in [0.1, 0.15) is 24.1 Å². The van der Waals surface area contributed by atoms with Crippen LogP contribution in [0.15, 0.2) is 36.7 Å². The molecule has 2 aromatic rings. The van der Waals surface area contributed by atoms with Gasteiger partial charge in [0.1, 0.15) is 5.75 Å². The standard InChI is InChI=1S/C17H21N3O3/c1-12-7-18-20(8-12)15-9-19(10-15)17(22)13(2)23-16-5-3-4-14(6-16)11-21/h3-8,13,15,21H,9-11H2,1-2H3. The second-order valence-corrected chi connectivity index (χ2v) is 5.96. The lowest BCUT2D eigenvalue weighted by Gasteiger charge is -2.40. The summed E-state index contributed by atoms with van der Waals surface area (Å²) in [6.45, 7) is 5.02. The number of ether oxygens (including phenoxy) is 1. The van der Waals surface area contributed by atoms with Gasteiger partial charge in [-0.15, -0.1) is 0 Å². The van der Waals surface area contributed by atoms with Crippen LogP contribution in [-0.2, 0) is 11.4 Å². The van der Waals surface area contributed by atoms with Crippen molar-refractivity contribution in [3.05, 3.63) is 47.8 Å². The molecule has 1 aliphatic rings. The van der Waals surface area contributed by atoms with Crippen LogP contribution < -0.4 is 4.74 Å². The first-order valence-corrected chi connectivity index (χ1v) is 7.73. The maximum Gasteiger partial charge on any atom is 0.263 e. The Balaban J connectivity index is 1.54. The summed E-state index contributed by atoms with van der Waals surface area (Å²) < 4.78 is 7.61. The lowest BCUT2D eigenvalue weighted by atomic mass is 10.1. The molecule has 0 radical (unpaired) electrons. The van der Waals surface area contributed by atoms with Gasteiger partial charge in [0.15, 0.2) is 6.10 Å². The van der Waals surface area contributed by atoms with Gasteiger partial charge in [-0.05, 0) is 37.1 Å². The van der Waals surface area contributed by atoms with E-state index in [4.69, 9.17) is 9.84 Å². The largest absolute Gasteiger partial charge is 0.481 e. The molecule has 3 rings (SSSR count). The molecule has 1 amide bonds. The molecule has 6 heteroatoms. The fourth-order valence-electron chi connectivity index (χ4n) is 2.66. The van der Waals surface area contributed by atoms with Crippen LogP contribution in [0.3, 0.4) is 0 Å². The smallest absolute Gasteiger partial charge is 0.263 e. The van der Waals surface area contributed by atoms with Crippen molar-refractivity contribution in [1.29, 1.82) is 0 Å². The van der Waals surface area contributed by atoms with Crippen molar-refractivity contribution in [2.75, 3.05) is 13.1 Å². The highest BCUT2D eigenvalue weighted by molar-refractivity contribution is 5.81. The zero-order chi connectivity index (χ0) is 16.4. The number of aryl methyl sites for hydroxylation is 1. The van der Waals surface area contributed by atoms with E-state index < -0.39 is 6.10 Å². The number of hydrogen-bond donors (Lipinski definition) is 1. The third-order valence-electron chi connectivity index (χ3n) is 4.02. The summed E-state index contributed by atoms with van der Waals surface area (Å²) in [5, 5.41) is 13.4. The van der Waals surface area contributed by atoms with Gasteiger partial charge in [-0.25, -0.2) is 0 Å². The zero-order valence-electron chi connectivity index (χ0n) is 13.3. The number of benzene rings is 1. The first-order chi connectivity index (χ1) is 11.1. The summed E-state index contributed by atoms with van der Waals surface area (Å²) in [4.78, 5) is 14.2. The Labute approximate surface area is 135 Å². The molecular weight excluding hydrogens is 294 g/mol. The van der Waals surface area contributed by atoms with Crippen LogP contribution in [-0.4, -0.2) is 44.9 Å². The van der Waals surface area contributed by atoms with Crippen LogP contribution in [0.4, 0.5) is 0 Å². The Kier molecular flexibility index (Phi) is 4.34. The van der Waals surface area contributed by atoms with E-state index in [9.17, 15) is 4.79 Å². The lowest BCUT2D eigenvalue weighted by molar-refractivity contribution is -0.144. The number of aliphatic hydroxyl groups excluding tert-OH is 1. The van der Waals surface area contributed by atoms with Gasteiger partial charge < -0.3 is 14.7 Å². The highest BCUT2D eigenvalue weighted by Gasteiger charge is 2.35. The van der Waals surface area contributed by atoms with Crippen molar-refractivity contribution in [1.82, 2.24) is 14.7 Å². The normalized spacial score (nSPS) is 16.0. The molecule has 1 fully saturated rings. The minimum atomic E-state index is -0.552. The van der Waals surface area contributed by atoms with Crippen LogP contribution in [0.25, 0.3) is 0 Å². The minimum absolute atomic E-state index is 0.0282. The SMILES string of the molecule is Cc1cnn(C2CN(C(=O)C(C)Oc3cccc(CO)c3)C2)c1.